The highest BCUT2D eigenvalue weighted by Crippen LogP contribution is 2.41. The van der Waals surface area contributed by atoms with Gasteiger partial charge < -0.3 is 5.32 Å². The molecule has 0 aromatic heterocycles. The molecule has 2 aromatic carbocycles. The van der Waals surface area contributed by atoms with Crippen molar-refractivity contribution >= 4 is 27.5 Å². The normalized spacial score (nSPS) is 18.9. The molecule has 2 aromatic rings. The van der Waals surface area contributed by atoms with Crippen molar-refractivity contribution in [2.24, 2.45) is 5.92 Å². The lowest BCUT2D eigenvalue weighted by molar-refractivity contribution is 0.0931. The van der Waals surface area contributed by atoms with Crippen LogP contribution in [-0.2, 0) is 10.0 Å². The van der Waals surface area contributed by atoms with Crippen LogP contribution in [0.1, 0.15) is 54.1 Å². The minimum absolute atomic E-state index is 0.0953. The number of rotatable bonds is 6. The van der Waals surface area contributed by atoms with Crippen molar-refractivity contribution in [2.75, 3.05) is 13.1 Å². The summed E-state index contributed by atoms with van der Waals surface area (Å²) in [6.45, 7) is 1.04. The molecule has 1 aliphatic carbocycles. The van der Waals surface area contributed by atoms with Crippen LogP contribution in [0.5, 0.6) is 0 Å². The molecule has 1 saturated carbocycles. The SMILES string of the molecule is O=C(NC(c1ccccc1)C1CC1)c1cc(S(=O)(=O)N2CCCCC2)ccc1Cl. The number of piperidine rings is 1. The Balaban J connectivity index is 1.59. The Morgan fingerprint density at radius 3 is 2.38 bits per heavy atom. The standard InChI is InChI=1S/C22H25ClN2O3S/c23-20-12-11-18(29(27,28)25-13-5-2-6-14-25)15-19(20)22(26)24-21(17-9-10-17)16-7-3-1-4-8-16/h1,3-4,7-8,11-12,15,17,21H,2,5-6,9-10,13-14H2,(H,24,26). The lowest BCUT2D eigenvalue weighted by atomic mass is 10.0. The third kappa shape index (κ3) is 4.49. The molecule has 1 heterocycles. The smallest absolute Gasteiger partial charge is 0.253 e. The van der Waals surface area contributed by atoms with E-state index in [1.165, 1.54) is 22.5 Å². The van der Waals surface area contributed by atoms with Crippen LogP contribution in [0.4, 0.5) is 0 Å². The minimum atomic E-state index is -3.62. The Morgan fingerprint density at radius 2 is 1.72 bits per heavy atom. The summed E-state index contributed by atoms with van der Waals surface area (Å²) in [4.78, 5) is 13.2. The van der Waals surface area contributed by atoms with Crippen LogP contribution < -0.4 is 5.32 Å². The highest BCUT2D eigenvalue weighted by molar-refractivity contribution is 7.89. The second-order valence-electron chi connectivity index (χ2n) is 7.81. The van der Waals surface area contributed by atoms with Crippen molar-refractivity contribution in [3.63, 3.8) is 0 Å². The largest absolute Gasteiger partial charge is 0.345 e. The van der Waals surface area contributed by atoms with Crippen molar-refractivity contribution in [3.05, 3.63) is 64.7 Å². The Kier molecular flexibility index (Phi) is 5.95. The van der Waals surface area contributed by atoms with E-state index in [0.717, 1.165) is 37.7 Å². The van der Waals surface area contributed by atoms with Gasteiger partial charge in [-0.05, 0) is 55.4 Å². The molecular formula is C22H25ClN2O3S. The second-order valence-corrected chi connectivity index (χ2v) is 10.2. The summed E-state index contributed by atoms with van der Waals surface area (Å²) in [6, 6.07) is 14.2. The van der Waals surface area contributed by atoms with Crippen LogP contribution >= 0.6 is 11.6 Å². The molecule has 2 aliphatic rings. The highest BCUT2D eigenvalue weighted by Gasteiger charge is 2.34. The molecule has 1 N–H and O–H groups in total. The molecule has 5 nitrogen and oxygen atoms in total. The number of nitrogens with one attached hydrogen (secondary N) is 1. The summed E-state index contributed by atoms with van der Waals surface area (Å²) in [5.74, 6) is 0.0619. The number of benzene rings is 2. The van der Waals surface area contributed by atoms with Gasteiger partial charge in [0, 0.05) is 13.1 Å². The van der Waals surface area contributed by atoms with E-state index in [4.69, 9.17) is 11.6 Å². The molecule has 1 unspecified atom stereocenters. The van der Waals surface area contributed by atoms with Gasteiger partial charge in [-0.3, -0.25) is 4.79 Å². The van der Waals surface area contributed by atoms with Crippen LogP contribution in [-0.4, -0.2) is 31.7 Å². The molecule has 0 spiro atoms. The summed E-state index contributed by atoms with van der Waals surface area (Å²) < 4.78 is 27.5. The number of hydrogen-bond donors (Lipinski definition) is 1. The minimum Gasteiger partial charge on any atom is -0.345 e. The van der Waals surface area contributed by atoms with Crippen molar-refractivity contribution in [1.82, 2.24) is 9.62 Å². The summed E-state index contributed by atoms with van der Waals surface area (Å²) in [5, 5.41) is 3.33. The van der Waals surface area contributed by atoms with Gasteiger partial charge in [-0.25, -0.2) is 8.42 Å². The topological polar surface area (TPSA) is 66.5 Å². The Labute approximate surface area is 177 Å². The van der Waals surface area contributed by atoms with Crippen LogP contribution in [0, 0.1) is 5.92 Å². The third-order valence-corrected chi connectivity index (χ3v) is 7.90. The molecule has 154 valence electrons. The van der Waals surface area contributed by atoms with Gasteiger partial charge in [0.25, 0.3) is 5.91 Å². The van der Waals surface area contributed by atoms with E-state index in [1.807, 2.05) is 30.3 Å². The van der Waals surface area contributed by atoms with Gasteiger partial charge in [-0.2, -0.15) is 4.31 Å². The molecule has 0 radical (unpaired) electrons. The van der Waals surface area contributed by atoms with Crippen LogP contribution in [0.25, 0.3) is 0 Å². The maximum atomic E-state index is 13.0. The molecule has 7 heteroatoms. The van der Waals surface area contributed by atoms with Crippen molar-refractivity contribution in [2.45, 2.75) is 43.0 Å². The van der Waals surface area contributed by atoms with E-state index in [1.54, 1.807) is 0 Å². The molecule has 2 fully saturated rings. The fourth-order valence-corrected chi connectivity index (χ4v) is 5.62. The maximum absolute atomic E-state index is 13.0. The number of carbonyl (C=O) groups excluding carboxylic acids is 1. The van der Waals surface area contributed by atoms with E-state index >= 15 is 0 Å². The monoisotopic (exact) mass is 432 g/mol. The van der Waals surface area contributed by atoms with Crippen LogP contribution in [0.3, 0.4) is 0 Å². The van der Waals surface area contributed by atoms with Crippen LogP contribution in [0.2, 0.25) is 5.02 Å². The first-order chi connectivity index (χ1) is 14.0. The third-order valence-electron chi connectivity index (χ3n) is 5.67. The first kappa shape index (κ1) is 20.4. The van der Waals surface area contributed by atoms with E-state index in [0.29, 0.717) is 19.0 Å². The van der Waals surface area contributed by atoms with Gasteiger partial charge in [0.2, 0.25) is 10.0 Å². The van der Waals surface area contributed by atoms with E-state index in [9.17, 15) is 13.2 Å². The zero-order valence-electron chi connectivity index (χ0n) is 16.2. The molecule has 0 bridgehead atoms. The summed E-state index contributed by atoms with van der Waals surface area (Å²) >= 11 is 6.28. The molecular weight excluding hydrogens is 408 g/mol. The Hall–Kier alpha value is -1.89. The highest BCUT2D eigenvalue weighted by atomic mass is 35.5. The van der Waals surface area contributed by atoms with Gasteiger partial charge in [0.05, 0.1) is 21.5 Å². The van der Waals surface area contributed by atoms with Gasteiger partial charge in [0.1, 0.15) is 0 Å². The molecule has 1 atom stereocenters. The predicted octanol–water partition coefficient (Wildman–Crippen LogP) is 4.40. The van der Waals surface area contributed by atoms with Gasteiger partial charge >= 0.3 is 0 Å². The lowest BCUT2D eigenvalue weighted by Gasteiger charge is -2.26. The first-order valence-corrected chi connectivity index (χ1v) is 11.9. The summed E-state index contributed by atoms with van der Waals surface area (Å²) in [7, 11) is -3.62. The number of amides is 1. The summed E-state index contributed by atoms with van der Waals surface area (Å²) in [6.07, 6.45) is 4.90. The average Bonchev–Trinajstić information content (AvgIpc) is 3.58. The van der Waals surface area contributed by atoms with Crippen molar-refractivity contribution in [1.29, 1.82) is 0 Å². The fourth-order valence-electron chi connectivity index (χ4n) is 3.88. The van der Waals surface area contributed by atoms with Gasteiger partial charge in [-0.15, -0.1) is 0 Å². The average molecular weight is 433 g/mol. The zero-order valence-corrected chi connectivity index (χ0v) is 17.8. The number of nitrogens with zero attached hydrogens (tertiary/aromatic N) is 1. The van der Waals surface area contributed by atoms with Crippen LogP contribution in [0.15, 0.2) is 53.4 Å². The number of carbonyl (C=O) groups is 1. The quantitative estimate of drug-likeness (QED) is 0.735. The number of sulfonamides is 1. The Bertz CT molecular complexity index is 984. The molecule has 29 heavy (non-hydrogen) atoms. The maximum Gasteiger partial charge on any atom is 0.253 e. The van der Waals surface area contributed by atoms with Gasteiger partial charge in [0.15, 0.2) is 0 Å². The number of hydrogen-bond acceptors (Lipinski definition) is 3. The molecule has 1 saturated heterocycles. The lowest BCUT2D eigenvalue weighted by Crippen LogP contribution is -2.36. The molecule has 1 aliphatic heterocycles. The number of halogens is 1. The fraction of sp³-hybridized carbons (Fsp3) is 0.409. The predicted molar refractivity (Wildman–Crippen MR) is 113 cm³/mol. The molecule has 4 rings (SSSR count). The summed E-state index contributed by atoms with van der Waals surface area (Å²) in [5.41, 5.74) is 1.25. The zero-order chi connectivity index (χ0) is 20.4. The van der Waals surface area contributed by atoms with Crippen molar-refractivity contribution < 1.29 is 13.2 Å². The van der Waals surface area contributed by atoms with E-state index in [2.05, 4.69) is 5.32 Å². The molecule has 1 amide bonds. The Morgan fingerprint density at radius 1 is 1.03 bits per heavy atom. The van der Waals surface area contributed by atoms with Crippen molar-refractivity contribution in [3.8, 4) is 0 Å². The van der Waals surface area contributed by atoms with E-state index < -0.39 is 10.0 Å². The van der Waals surface area contributed by atoms with E-state index in [-0.39, 0.29) is 27.4 Å². The first-order valence-electron chi connectivity index (χ1n) is 10.1. The second kappa shape index (κ2) is 8.46. The van der Waals surface area contributed by atoms with Gasteiger partial charge in [-0.1, -0.05) is 48.4 Å².